The van der Waals surface area contributed by atoms with Crippen LogP contribution in [0, 0.1) is 5.92 Å². The molecule has 0 unspecified atom stereocenters. The SMILES string of the molecule is COc1ccccc1CN(Cc1ccc2n(c1=O)C[C@@H]1CNC[C@H]2C1)C1CC1.Cl.Cl. The Bertz CT molecular complexity index is 929. The molecule has 1 aromatic carbocycles. The van der Waals surface area contributed by atoms with Gasteiger partial charge in [-0.05, 0) is 43.9 Å². The van der Waals surface area contributed by atoms with Gasteiger partial charge in [0.2, 0.25) is 0 Å². The Morgan fingerprint density at radius 3 is 2.60 bits per heavy atom. The number of aromatic nitrogens is 1. The van der Waals surface area contributed by atoms with Gasteiger partial charge in [0.1, 0.15) is 5.75 Å². The number of para-hydroxylation sites is 1. The summed E-state index contributed by atoms with van der Waals surface area (Å²) >= 11 is 0. The molecule has 0 spiro atoms. The first-order valence-corrected chi connectivity index (χ1v) is 10.5. The van der Waals surface area contributed by atoms with Crippen LogP contribution >= 0.6 is 24.8 Å². The Morgan fingerprint density at radius 2 is 1.83 bits per heavy atom. The van der Waals surface area contributed by atoms with Crippen molar-refractivity contribution in [2.45, 2.75) is 50.9 Å². The average Bonchev–Trinajstić information content (AvgIpc) is 3.56. The van der Waals surface area contributed by atoms with E-state index in [1.165, 1.54) is 30.5 Å². The number of piperidine rings is 1. The lowest BCUT2D eigenvalue weighted by molar-refractivity contribution is 0.235. The van der Waals surface area contributed by atoms with Crippen molar-refractivity contribution in [1.82, 2.24) is 14.8 Å². The molecule has 7 heteroatoms. The van der Waals surface area contributed by atoms with Crippen LogP contribution in [0.15, 0.2) is 41.2 Å². The summed E-state index contributed by atoms with van der Waals surface area (Å²) in [4.78, 5) is 15.7. The summed E-state index contributed by atoms with van der Waals surface area (Å²) in [5.41, 5.74) is 3.56. The third-order valence-electron chi connectivity index (χ3n) is 6.59. The quantitative estimate of drug-likeness (QED) is 0.728. The Hall–Kier alpha value is -1.53. The highest BCUT2D eigenvalue weighted by molar-refractivity contribution is 5.85. The molecule has 2 atom stereocenters. The van der Waals surface area contributed by atoms with E-state index >= 15 is 0 Å². The van der Waals surface area contributed by atoms with Crippen LogP contribution < -0.4 is 15.6 Å². The van der Waals surface area contributed by atoms with Crippen molar-refractivity contribution in [2.24, 2.45) is 5.92 Å². The molecule has 30 heavy (non-hydrogen) atoms. The molecular weight excluding hydrogens is 421 g/mol. The number of nitrogens with zero attached hydrogens (tertiary/aromatic N) is 2. The van der Waals surface area contributed by atoms with E-state index in [1.54, 1.807) is 7.11 Å². The van der Waals surface area contributed by atoms with E-state index in [2.05, 4.69) is 39.0 Å². The van der Waals surface area contributed by atoms with E-state index in [1.807, 2.05) is 12.1 Å². The van der Waals surface area contributed by atoms with Crippen LogP contribution in [0.5, 0.6) is 5.75 Å². The van der Waals surface area contributed by atoms with Gasteiger partial charge in [0.25, 0.3) is 5.56 Å². The second-order valence-electron chi connectivity index (χ2n) is 8.60. The molecule has 5 nitrogen and oxygen atoms in total. The second-order valence-corrected chi connectivity index (χ2v) is 8.60. The van der Waals surface area contributed by atoms with E-state index in [0.717, 1.165) is 44.0 Å². The molecule has 1 aliphatic carbocycles. The predicted octanol–water partition coefficient (Wildman–Crippen LogP) is 3.57. The molecule has 0 radical (unpaired) electrons. The van der Waals surface area contributed by atoms with Gasteiger partial charge in [0, 0.05) is 55.0 Å². The minimum absolute atomic E-state index is 0. The molecule has 3 aliphatic rings. The standard InChI is InChI=1S/C23H29N3O2.2ClH/c1-28-22-5-3-2-4-17(22)14-25(20-7-8-20)15-18-6-9-21-19-10-16(11-24-12-19)13-26(21)23(18)27;;/h2-6,9,16,19-20,24H,7-8,10-15H2,1H3;2*1H/t16-,19+;;/m0../s1. The number of halogens is 2. The summed E-state index contributed by atoms with van der Waals surface area (Å²) in [6.45, 7) is 4.44. The van der Waals surface area contributed by atoms with Crippen LogP contribution in [0.25, 0.3) is 0 Å². The van der Waals surface area contributed by atoms with Gasteiger partial charge < -0.3 is 14.6 Å². The highest BCUT2D eigenvalue weighted by atomic mass is 35.5. The van der Waals surface area contributed by atoms with Crippen molar-refractivity contribution in [1.29, 1.82) is 0 Å². The van der Waals surface area contributed by atoms with Gasteiger partial charge in [-0.2, -0.15) is 0 Å². The third-order valence-corrected chi connectivity index (χ3v) is 6.59. The minimum atomic E-state index is 0. The van der Waals surface area contributed by atoms with Crippen molar-refractivity contribution in [3.05, 3.63) is 63.6 Å². The summed E-state index contributed by atoms with van der Waals surface area (Å²) in [6, 6.07) is 13.1. The molecule has 1 N–H and O–H groups in total. The molecule has 2 fully saturated rings. The molecule has 1 saturated carbocycles. The number of methoxy groups -OCH3 is 1. The zero-order valence-electron chi connectivity index (χ0n) is 17.4. The fourth-order valence-electron chi connectivity index (χ4n) is 4.98. The summed E-state index contributed by atoms with van der Waals surface area (Å²) in [5, 5.41) is 3.52. The number of pyridine rings is 1. The van der Waals surface area contributed by atoms with Gasteiger partial charge >= 0.3 is 0 Å². The van der Waals surface area contributed by atoms with E-state index in [9.17, 15) is 4.79 Å². The Morgan fingerprint density at radius 1 is 1.07 bits per heavy atom. The van der Waals surface area contributed by atoms with Crippen molar-refractivity contribution in [3.63, 3.8) is 0 Å². The lowest BCUT2D eigenvalue weighted by Crippen LogP contribution is -2.45. The van der Waals surface area contributed by atoms with E-state index in [4.69, 9.17) is 4.74 Å². The number of hydrogen-bond donors (Lipinski definition) is 1. The first-order valence-electron chi connectivity index (χ1n) is 10.5. The first-order chi connectivity index (χ1) is 13.7. The van der Waals surface area contributed by atoms with Gasteiger partial charge in [0.15, 0.2) is 0 Å². The van der Waals surface area contributed by atoms with Crippen molar-refractivity contribution < 1.29 is 4.74 Å². The number of nitrogens with one attached hydrogen (secondary N) is 1. The summed E-state index contributed by atoms with van der Waals surface area (Å²) in [7, 11) is 1.72. The fraction of sp³-hybridized carbons (Fsp3) is 0.522. The molecule has 2 aromatic rings. The Labute approximate surface area is 190 Å². The lowest BCUT2D eigenvalue weighted by Gasteiger charge is -2.37. The van der Waals surface area contributed by atoms with E-state index in [-0.39, 0.29) is 30.4 Å². The maximum atomic E-state index is 13.3. The maximum Gasteiger partial charge on any atom is 0.255 e. The van der Waals surface area contributed by atoms with Gasteiger partial charge in [-0.25, -0.2) is 0 Å². The molecule has 3 heterocycles. The number of hydrogen-bond acceptors (Lipinski definition) is 4. The van der Waals surface area contributed by atoms with Crippen LogP contribution in [-0.4, -0.2) is 35.7 Å². The van der Waals surface area contributed by atoms with Crippen molar-refractivity contribution >= 4 is 24.8 Å². The van der Waals surface area contributed by atoms with Crippen LogP contribution in [0.2, 0.25) is 0 Å². The van der Waals surface area contributed by atoms with Gasteiger partial charge in [-0.1, -0.05) is 24.3 Å². The number of rotatable bonds is 6. The number of ether oxygens (including phenoxy) is 1. The molecule has 1 saturated heterocycles. The zero-order valence-corrected chi connectivity index (χ0v) is 19.0. The zero-order chi connectivity index (χ0) is 19.1. The first kappa shape index (κ1) is 23.1. The largest absolute Gasteiger partial charge is 0.496 e. The highest BCUT2D eigenvalue weighted by Crippen LogP contribution is 2.33. The smallest absolute Gasteiger partial charge is 0.255 e. The summed E-state index contributed by atoms with van der Waals surface area (Å²) < 4.78 is 7.61. The summed E-state index contributed by atoms with van der Waals surface area (Å²) in [5.74, 6) is 2.00. The molecule has 164 valence electrons. The average molecular weight is 452 g/mol. The van der Waals surface area contributed by atoms with Gasteiger partial charge in [0.05, 0.1) is 7.11 Å². The fourth-order valence-corrected chi connectivity index (χ4v) is 4.98. The third kappa shape index (κ3) is 4.54. The minimum Gasteiger partial charge on any atom is -0.496 e. The van der Waals surface area contributed by atoms with Crippen LogP contribution in [0.1, 0.15) is 42.0 Å². The topological polar surface area (TPSA) is 46.5 Å². The lowest BCUT2D eigenvalue weighted by atomic mass is 9.84. The van der Waals surface area contributed by atoms with Crippen molar-refractivity contribution in [3.8, 4) is 5.75 Å². The normalized spacial score (nSPS) is 21.9. The van der Waals surface area contributed by atoms with Crippen LogP contribution in [0.4, 0.5) is 0 Å². The van der Waals surface area contributed by atoms with Gasteiger partial charge in [-0.3, -0.25) is 9.69 Å². The van der Waals surface area contributed by atoms with Crippen LogP contribution in [-0.2, 0) is 19.6 Å². The molecule has 2 aliphatic heterocycles. The Kier molecular flexibility index (Phi) is 7.51. The second kappa shape index (κ2) is 9.73. The molecule has 1 aromatic heterocycles. The predicted molar refractivity (Wildman–Crippen MR) is 124 cm³/mol. The summed E-state index contributed by atoms with van der Waals surface area (Å²) in [6.07, 6.45) is 3.66. The highest BCUT2D eigenvalue weighted by Gasteiger charge is 2.33. The van der Waals surface area contributed by atoms with Gasteiger partial charge in [-0.15, -0.1) is 24.8 Å². The number of fused-ring (bicyclic) bond motifs is 4. The molecule has 2 bridgehead atoms. The monoisotopic (exact) mass is 451 g/mol. The van der Waals surface area contributed by atoms with E-state index < -0.39 is 0 Å². The van der Waals surface area contributed by atoms with Crippen LogP contribution in [0.3, 0.4) is 0 Å². The van der Waals surface area contributed by atoms with E-state index in [0.29, 0.717) is 17.9 Å². The number of benzene rings is 1. The van der Waals surface area contributed by atoms with Crippen molar-refractivity contribution in [2.75, 3.05) is 20.2 Å². The maximum absolute atomic E-state index is 13.3. The molecule has 0 amide bonds. The molecular formula is C23H31Cl2N3O2. The Balaban J connectivity index is 0.00000128. The molecule has 5 rings (SSSR count).